The Morgan fingerprint density at radius 1 is 1.22 bits per heavy atom. The van der Waals surface area contributed by atoms with Crippen LogP contribution in [0.5, 0.6) is 0 Å². The van der Waals surface area contributed by atoms with Crippen molar-refractivity contribution in [2.75, 3.05) is 31.1 Å². The minimum Gasteiger partial charge on any atom is -0.370 e. The van der Waals surface area contributed by atoms with E-state index in [1.807, 2.05) is 6.07 Å². The number of nitrogens with zero attached hydrogens (tertiary/aromatic N) is 8. The van der Waals surface area contributed by atoms with Crippen molar-refractivity contribution in [3.8, 4) is 0 Å². The maximum absolute atomic E-state index is 6.06. The molecule has 0 amide bonds. The smallest absolute Gasteiger partial charge is 0.225 e. The first-order valence-corrected chi connectivity index (χ1v) is 7.14. The highest BCUT2D eigenvalue weighted by Gasteiger charge is 2.19. The third kappa shape index (κ3) is 4.50. The fourth-order valence-electron chi connectivity index (χ4n) is 2.31. The maximum atomic E-state index is 6.06. The summed E-state index contributed by atoms with van der Waals surface area (Å²) < 4.78 is 0. The lowest BCUT2D eigenvalue weighted by Crippen LogP contribution is -2.51. The molecule has 0 bridgehead atoms. The number of halogens is 1. The predicted octanol–water partition coefficient (Wildman–Crippen LogP) is -0.140. The second-order valence-corrected chi connectivity index (χ2v) is 5.02. The van der Waals surface area contributed by atoms with Crippen molar-refractivity contribution in [3.63, 3.8) is 0 Å². The van der Waals surface area contributed by atoms with Crippen LogP contribution >= 0.6 is 24.0 Å². The van der Waals surface area contributed by atoms with E-state index in [-0.39, 0.29) is 24.0 Å². The number of anilines is 1. The van der Waals surface area contributed by atoms with Crippen molar-refractivity contribution in [2.45, 2.75) is 6.54 Å². The Labute approximate surface area is 151 Å². The van der Waals surface area contributed by atoms with Crippen LogP contribution in [0.2, 0.25) is 0 Å². The van der Waals surface area contributed by atoms with Gasteiger partial charge in [-0.2, -0.15) is 15.0 Å². The minimum absolute atomic E-state index is 0. The van der Waals surface area contributed by atoms with Gasteiger partial charge in [0.15, 0.2) is 5.96 Å². The Hall–Kier alpha value is -1.98. The van der Waals surface area contributed by atoms with E-state index in [0.717, 1.165) is 37.8 Å². The van der Waals surface area contributed by atoms with Crippen LogP contribution in [0.15, 0.2) is 29.6 Å². The summed E-state index contributed by atoms with van der Waals surface area (Å²) in [5, 5.41) is 8.19. The summed E-state index contributed by atoms with van der Waals surface area (Å²) in [6, 6.07) is 1.82. The van der Waals surface area contributed by atoms with Crippen molar-refractivity contribution < 1.29 is 0 Å². The van der Waals surface area contributed by atoms with Crippen LogP contribution in [0, 0.1) is 0 Å². The number of aryl methyl sites for hydroxylation is 1. The number of aromatic nitrogens is 5. The van der Waals surface area contributed by atoms with Gasteiger partial charge in [0.1, 0.15) is 5.69 Å². The number of rotatable bonds is 3. The van der Waals surface area contributed by atoms with E-state index < -0.39 is 0 Å². The molecule has 3 heterocycles. The summed E-state index contributed by atoms with van der Waals surface area (Å²) in [5.74, 6) is 1.30. The molecule has 0 saturated carbocycles. The summed E-state index contributed by atoms with van der Waals surface area (Å²) in [5.41, 5.74) is 6.87. The van der Waals surface area contributed by atoms with Crippen LogP contribution in [-0.4, -0.2) is 62.0 Å². The van der Waals surface area contributed by atoms with Gasteiger partial charge in [0, 0.05) is 45.6 Å². The molecule has 1 fully saturated rings. The molecule has 10 heteroatoms. The molecule has 0 aromatic carbocycles. The molecule has 124 valence electrons. The largest absolute Gasteiger partial charge is 0.370 e. The van der Waals surface area contributed by atoms with Gasteiger partial charge >= 0.3 is 0 Å². The molecule has 1 aliphatic heterocycles. The van der Waals surface area contributed by atoms with Crippen LogP contribution in [0.25, 0.3) is 0 Å². The topological polar surface area (TPSA) is 101 Å². The molecule has 2 N–H and O–H groups in total. The summed E-state index contributed by atoms with van der Waals surface area (Å²) in [6.45, 7) is 3.69. The Balaban J connectivity index is 0.00000192. The third-order valence-corrected chi connectivity index (χ3v) is 3.49. The Kier molecular flexibility index (Phi) is 6.07. The predicted molar refractivity (Wildman–Crippen MR) is 97.6 cm³/mol. The average molecular weight is 429 g/mol. The lowest BCUT2D eigenvalue weighted by Gasteiger charge is -2.35. The van der Waals surface area contributed by atoms with E-state index >= 15 is 0 Å². The maximum Gasteiger partial charge on any atom is 0.225 e. The molecule has 0 unspecified atom stereocenters. The average Bonchev–Trinajstić information content (AvgIpc) is 2.99. The summed E-state index contributed by atoms with van der Waals surface area (Å²) in [7, 11) is 1.78. The van der Waals surface area contributed by atoms with E-state index in [1.165, 1.54) is 4.80 Å². The van der Waals surface area contributed by atoms with Crippen molar-refractivity contribution in [3.05, 3.63) is 30.4 Å². The Morgan fingerprint density at radius 2 is 1.91 bits per heavy atom. The third-order valence-electron chi connectivity index (χ3n) is 3.49. The molecule has 2 aromatic heterocycles. The SMILES string of the molecule is Cn1ncc(CN=C(N)N2CCN(c3ncccn3)CC2)n1.I. The van der Waals surface area contributed by atoms with Crippen molar-refractivity contribution in [1.82, 2.24) is 29.9 Å². The fourth-order valence-corrected chi connectivity index (χ4v) is 2.31. The number of aliphatic imine (C=N–C) groups is 1. The molecule has 2 aromatic rings. The van der Waals surface area contributed by atoms with Gasteiger partial charge in [0.05, 0.1) is 12.7 Å². The first-order chi connectivity index (χ1) is 10.7. The van der Waals surface area contributed by atoms with Crippen molar-refractivity contribution >= 4 is 35.9 Å². The highest BCUT2D eigenvalue weighted by atomic mass is 127. The van der Waals surface area contributed by atoms with Crippen LogP contribution in [0.3, 0.4) is 0 Å². The minimum atomic E-state index is 0. The van der Waals surface area contributed by atoms with E-state index in [1.54, 1.807) is 25.6 Å². The second-order valence-electron chi connectivity index (χ2n) is 5.02. The molecule has 1 saturated heterocycles. The molecule has 3 rings (SSSR count). The van der Waals surface area contributed by atoms with Gasteiger partial charge in [0.2, 0.25) is 5.95 Å². The molecule has 1 aliphatic rings. The molecule has 0 spiro atoms. The number of hydrogen-bond acceptors (Lipinski definition) is 6. The number of nitrogens with two attached hydrogens (primary N) is 1. The zero-order valence-electron chi connectivity index (χ0n) is 12.9. The van der Waals surface area contributed by atoms with Gasteiger partial charge in [-0.15, -0.1) is 24.0 Å². The summed E-state index contributed by atoms with van der Waals surface area (Å²) in [6.07, 6.45) is 5.21. The van der Waals surface area contributed by atoms with Crippen LogP contribution < -0.4 is 10.6 Å². The molecule has 0 atom stereocenters. The lowest BCUT2D eigenvalue weighted by molar-refractivity contribution is 0.378. The summed E-state index contributed by atoms with van der Waals surface area (Å²) in [4.78, 5) is 18.6. The molecular formula is C13H20IN9. The van der Waals surface area contributed by atoms with Crippen LogP contribution in [-0.2, 0) is 13.6 Å². The van der Waals surface area contributed by atoms with Crippen molar-refractivity contribution in [2.24, 2.45) is 17.8 Å². The van der Waals surface area contributed by atoms with Crippen molar-refractivity contribution in [1.29, 1.82) is 0 Å². The van der Waals surface area contributed by atoms with Gasteiger partial charge in [-0.25, -0.2) is 15.0 Å². The van der Waals surface area contributed by atoms with Crippen LogP contribution in [0.1, 0.15) is 5.69 Å². The zero-order chi connectivity index (χ0) is 15.4. The van der Waals surface area contributed by atoms with Gasteiger partial charge in [-0.05, 0) is 6.07 Å². The normalized spacial score (nSPS) is 15.4. The van der Waals surface area contributed by atoms with E-state index in [2.05, 4.69) is 35.0 Å². The number of guanidine groups is 1. The van der Waals surface area contributed by atoms with Gasteiger partial charge in [-0.3, -0.25) is 0 Å². The number of hydrogen-bond donors (Lipinski definition) is 1. The van der Waals surface area contributed by atoms with Crippen LogP contribution in [0.4, 0.5) is 5.95 Å². The lowest BCUT2D eigenvalue weighted by atomic mass is 10.3. The standard InChI is InChI=1S/C13H19N9.HI/c1-20-18-10-11(19-20)9-17-12(14)21-5-7-22(8-6-21)13-15-3-2-4-16-13;/h2-4,10H,5-9H2,1H3,(H2,14,17);1H. The highest BCUT2D eigenvalue weighted by Crippen LogP contribution is 2.09. The second kappa shape index (κ2) is 8.04. The van der Waals surface area contributed by atoms with Gasteiger partial charge in [-0.1, -0.05) is 0 Å². The van der Waals surface area contributed by atoms with Gasteiger partial charge < -0.3 is 15.5 Å². The fraction of sp³-hybridized carbons (Fsp3) is 0.462. The van der Waals surface area contributed by atoms with E-state index in [9.17, 15) is 0 Å². The van der Waals surface area contributed by atoms with Gasteiger partial charge in [0.25, 0.3) is 0 Å². The molecule has 9 nitrogen and oxygen atoms in total. The van der Waals surface area contributed by atoms with E-state index in [0.29, 0.717) is 12.5 Å². The monoisotopic (exact) mass is 429 g/mol. The Bertz CT molecular complexity index is 634. The molecule has 0 radical (unpaired) electrons. The molecule has 23 heavy (non-hydrogen) atoms. The first kappa shape index (κ1) is 17.4. The molecular weight excluding hydrogens is 409 g/mol. The number of piperazine rings is 1. The zero-order valence-corrected chi connectivity index (χ0v) is 15.2. The first-order valence-electron chi connectivity index (χ1n) is 7.14. The Morgan fingerprint density at radius 3 is 2.52 bits per heavy atom. The van der Waals surface area contributed by atoms with E-state index in [4.69, 9.17) is 5.73 Å². The highest BCUT2D eigenvalue weighted by molar-refractivity contribution is 14.0. The summed E-state index contributed by atoms with van der Waals surface area (Å²) >= 11 is 0. The molecule has 0 aliphatic carbocycles. The quantitative estimate of drug-likeness (QED) is 0.412.